The van der Waals surface area contributed by atoms with Crippen molar-refractivity contribution in [2.75, 3.05) is 14.2 Å². The van der Waals surface area contributed by atoms with Crippen molar-refractivity contribution in [3.05, 3.63) is 63.7 Å². The third-order valence-corrected chi connectivity index (χ3v) is 3.58. The van der Waals surface area contributed by atoms with Gasteiger partial charge in [0.25, 0.3) is 5.69 Å². The Hall–Kier alpha value is -2.78. The number of non-ortho nitro benzene ring substituents is 1. The molecule has 0 spiro atoms. The number of nitrogens with zero attached hydrogens (tertiary/aromatic N) is 1. The Bertz CT molecular complexity index is 812. The zero-order valence-corrected chi connectivity index (χ0v) is 15.9. The number of thiocarbonyl (C=S) groups is 2. The number of nitro benzene ring substituents is 1. The minimum absolute atomic E-state index is 0.0615. The molecule has 26 heavy (non-hydrogen) atoms. The molecule has 138 valence electrons. The summed E-state index contributed by atoms with van der Waals surface area (Å²) in [5, 5.41) is 10.5. The third kappa shape index (κ3) is 6.26. The Morgan fingerprint density at radius 1 is 1.08 bits per heavy atom. The van der Waals surface area contributed by atoms with Gasteiger partial charge in [0.2, 0.25) is 0 Å². The summed E-state index contributed by atoms with van der Waals surface area (Å²) in [6.07, 6.45) is 0.597. The van der Waals surface area contributed by atoms with Gasteiger partial charge in [-0.1, -0.05) is 42.6 Å². The number of ether oxygens (including phenoxy) is 2. The smallest absolute Gasteiger partial charge is 0.270 e. The predicted octanol–water partition coefficient (Wildman–Crippen LogP) is 2.76. The fourth-order valence-electron chi connectivity index (χ4n) is 2.04. The highest BCUT2D eigenvalue weighted by atomic mass is 32.1. The van der Waals surface area contributed by atoms with Gasteiger partial charge in [-0.25, -0.2) is 0 Å². The van der Waals surface area contributed by atoms with Crippen molar-refractivity contribution in [2.24, 2.45) is 11.5 Å². The van der Waals surface area contributed by atoms with E-state index in [-0.39, 0.29) is 10.7 Å². The van der Waals surface area contributed by atoms with Gasteiger partial charge in [-0.05, 0) is 12.1 Å². The first-order valence-electron chi connectivity index (χ1n) is 7.32. The molecule has 0 heterocycles. The second-order valence-corrected chi connectivity index (χ2v) is 5.93. The number of methoxy groups -OCH3 is 2. The van der Waals surface area contributed by atoms with Gasteiger partial charge in [0.15, 0.2) is 0 Å². The van der Waals surface area contributed by atoms with E-state index in [0.29, 0.717) is 22.7 Å². The van der Waals surface area contributed by atoms with Crippen LogP contribution in [0.1, 0.15) is 11.1 Å². The standard InChI is InChI=1S/C9H11NOS.C8H8N2O3S/c1-11-8-5-3-2-4-7(8)6-9(10)12;1-13-7-3-2-5(10(11)12)4-6(7)8(9)14/h2-5H,6H2,1H3,(H2,10,12);2-4H,1H3,(H2,9,14). The summed E-state index contributed by atoms with van der Waals surface area (Å²) >= 11 is 9.54. The van der Waals surface area contributed by atoms with Gasteiger partial charge >= 0.3 is 0 Å². The van der Waals surface area contributed by atoms with E-state index >= 15 is 0 Å². The first-order chi connectivity index (χ1) is 12.3. The molecule has 9 heteroatoms. The van der Waals surface area contributed by atoms with Crippen LogP contribution >= 0.6 is 24.4 Å². The van der Waals surface area contributed by atoms with Crippen LogP contribution in [0, 0.1) is 10.1 Å². The molecule has 0 fully saturated rings. The predicted molar refractivity (Wildman–Crippen MR) is 109 cm³/mol. The first-order valence-corrected chi connectivity index (χ1v) is 8.14. The maximum Gasteiger partial charge on any atom is 0.270 e. The highest BCUT2D eigenvalue weighted by Crippen LogP contribution is 2.23. The quantitative estimate of drug-likeness (QED) is 0.437. The lowest BCUT2D eigenvalue weighted by molar-refractivity contribution is -0.384. The topological polar surface area (TPSA) is 114 Å². The zero-order valence-electron chi connectivity index (χ0n) is 14.3. The lowest BCUT2D eigenvalue weighted by Crippen LogP contribution is -2.11. The average molecular weight is 393 g/mol. The van der Waals surface area contributed by atoms with Crippen molar-refractivity contribution in [1.29, 1.82) is 0 Å². The number of nitro groups is 1. The molecular weight excluding hydrogens is 374 g/mol. The molecule has 2 aromatic carbocycles. The second kappa shape index (κ2) is 10.3. The Morgan fingerprint density at radius 2 is 1.69 bits per heavy atom. The normalized spacial score (nSPS) is 9.46. The zero-order chi connectivity index (χ0) is 19.7. The van der Waals surface area contributed by atoms with Gasteiger partial charge in [0.05, 0.1) is 29.7 Å². The highest BCUT2D eigenvalue weighted by molar-refractivity contribution is 7.80. The first kappa shape index (κ1) is 21.3. The summed E-state index contributed by atoms with van der Waals surface area (Å²) in [5.41, 5.74) is 12.2. The van der Waals surface area contributed by atoms with Crippen LogP contribution in [0.15, 0.2) is 42.5 Å². The van der Waals surface area contributed by atoms with E-state index in [0.717, 1.165) is 11.3 Å². The van der Waals surface area contributed by atoms with Gasteiger partial charge in [-0.2, -0.15) is 0 Å². The maximum atomic E-state index is 10.5. The van der Waals surface area contributed by atoms with Crippen LogP contribution < -0.4 is 20.9 Å². The van der Waals surface area contributed by atoms with E-state index in [1.54, 1.807) is 7.11 Å². The monoisotopic (exact) mass is 393 g/mol. The minimum atomic E-state index is -0.513. The van der Waals surface area contributed by atoms with Gasteiger partial charge < -0.3 is 20.9 Å². The molecule has 0 aromatic heterocycles. The van der Waals surface area contributed by atoms with Crippen molar-refractivity contribution in [3.63, 3.8) is 0 Å². The molecule has 0 aliphatic heterocycles. The van der Waals surface area contributed by atoms with Crippen molar-refractivity contribution in [3.8, 4) is 11.5 Å². The fraction of sp³-hybridized carbons (Fsp3) is 0.176. The van der Waals surface area contributed by atoms with Crippen LogP contribution in [0.25, 0.3) is 0 Å². The van der Waals surface area contributed by atoms with E-state index in [1.165, 1.54) is 25.3 Å². The van der Waals surface area contributed by atoms with E-state index in [9.17, 15) is 10.1 Å². The molecule has 0 saturated carbocycles. The summed E-state index contributed by atoms with van der Waals surface area (Å²) in [5.74, 6) is 1.27. The Kier molecular flexibility index (Phi) is 8.40. The van der Waals surface area contributed by atoms with Gasteiger partial charge in [0, 0.05) is 24.1 Å². The summed E-state index contributed by atoms with van der Waals surface area (Å²) in [4.78, 5) is 10.5. The molecule has 0 aliphatic rings. The number of para-hydroxylation sites is 1. The lowest BCUT2D eigenvalue weighted by atomic mass is 10.1. The Morgan fingerprint density at radius 3 is 2.19 bits per heavy atom. The minimum Gasteiger partial charge on any atom is -0.496 e. The van der Waals surface area contributed by atoms with Crippen LogP contribution in [-0.4, -0.2) is 29.1 Å². The van der Waals surface area contributed by atoms with E-state index in [4.69, 9.17) is 45.4 Å². The van der Waals surface area contributed by atoms with E-state index in [2.05, 4.69) is 0 Å². The number of nitrogens with two attached hydrogens (primary N) is 2. The van der Waals surface area contributed by atoms with Crippen LogP contribution in [-0.2, 0) is 6.42 Å². The molecule has 0 bridgehead atoms. The maximum absolute atomic E-state index is 10.5. The molecule has 2 rings (SSSR count). The number of rotatable bonds is 6. The average Bonchev–Trinajstić information content (AvgIpc) is 2.61. The SMILES string of the molecule is COc1ccc([N+](=O)[O-])cc1C(N)=S.COc1ccccc1CC(N)=S. The molecule has 0 amide bonds. The van der Waals surface area contributed by atoms with Crippen molar-refractivity contribution in [1.82, 2.24) is 0 Å². The summed E-state index contributed by atoms with van der Waals surface area (Å²) < 4.78 is 10.1. The second-order valence-electron chi connectivity index (χ2n) is 4.96. The van der Waals surface area contributed by atoms with Gasteiger partial charge in [-0.3, -0.25) is 10.1 Å². The Labute approximate surface area is 162 Å². The van der Waals surface area contributed by atoms with Crippen LogP contribution in [0.5, 0.6) is 11.5 Å². The summed E-state index contributed by atoms with van der Waals surface area (Å²) in [6, 6.07) is 11.8. The molecule has 2 aromatic rings. The van der Waals surface area contributed by atoms with E-state index < -0.39 is 4.92 Å². The van der Waals surface area contributed by atoms with Crippen LogP contribution in [0.2, 0.25) is 0 Å². The highest BCUT2D eigenvalue weighted by Gasteiger charge is 2.12. The molecule has 7 nitrogen and oxygen atoms in total. The van der Waals surface area contributed by atoms with Crippen molar-refractivity contribution in [2.45, 2.75) is 6.42 Å². The molecule has 0 radical (unpaired) electrons. The molecule has 4 N–H and O–H groups in total. The molecule has 0 atom stereocenters. The molecule has 0 aliphatic carbocycles. The van der Waals surface area contributed by atoms with Crippen molar-refractivity contribution >= 4 is 40.1 Å². The van der Waals surface area contributed by atoms with Crippen molar-refractivity contribution < 1.29 is 14.4 Å². The van der Waals surface area contributed by atoms with Gasteiger partial charge in [-0.15, -0.1) is 0 Å². The fourth-order valence-corrected chi connectivity index (χ4v) is 2.35. The summed E-state index contributed by atoms with van der Waals surface area (Å²) in [7, 11) is 3.08. The number of hydrogen-bond donors (Lipinski definition) is 2. The van der Waals surface area contributed by atoms with Gasteiger partial charge in [0.1, 0.15) is 16.5 Å². The molecular formula is C17H19N3O4S2. The molecule has 0 saturated heterocycles. The molecule has 0 unspecified atom stereocenters. The number of benzene rings is 2. The largest absolute Gasteiger partial charge is 0.496 e. The Balaban J connectivity index is 0.000000263. The number of hydrogen-bond acceptors (Lipinski definition) is 6. The van der Waals surface area contributed by atoms with Crippen LogP contribution in [0.3, 0.4) is 0 Å². The van der Waals surface area contributed by atoms with Crippen LogP contribution in [0.4, 0.5) is 5.69 Å². The summed E-state index contributed by atoms with van der Waals surface area (Å²) in [6.45, 7) is 0. The van der Waals surface area contributed by atoms with E-state index in [1.807, 2.05) is 24.3 Å². The lowest BCUT2D eigenvalue weighted by Gasteiger charge is -2.05. The third-order valence-electron chi connectivity index (χ3n) is 3.22.